The van der Waals surface area contributed by atoms with E-state index in [0.717, 1.165) is 5.33 Å². The predicted octanol–water partition coefficient (Wildman–Crippen LogP) is 4.46. The number of rotatable bonds is 5. The molecule has 1 aromatic carbocycles. The van der Waals surface area contributed by atoms with Gasteiger partial charge in [0.1, 0.15) is 11.6 Å². The van der Waals surface area contributed by atoms with Gasteiger partial charge in [0.25, 0.3) is 0 Å². The Morgan fingerprint density at radius 3 is 2.53 bits per heavy atom. The Hall–Kier alpha value is -0.900. The van der Waals surface area contributed by atoms with Crippen LogP contribution in [-0.4, -0.2) is 17.7 Å². The fourth-order valence-corrected chi connectivity index (χ4v) is 2.78. The topological polar surface area (TPSA) is 26.3 Å². The van der Waals surface area contributed by atoms with Crippen molar-refractivity contribution in [3.63, 3.8) is 0 Å². The van der Waals surface area contributed by atoms with Gasteiger partial charge in [0, 0.05) is 17.3 Å². The van der Waals surface area contributed by atoms with Crippen LogP contribution in [0.5, 0.6) is 5.75 Å². The van der Waals surface area contributed by atoms with E-state index < -0.39 is 5.82 Å². The summed E-state index contributed by atoms with van der Waals surface area (Å²) < 4.78 is 18.9. The predicted molar refractivity (Wildman–Crippen MR) is 78.6 cm³/mol. The molecule has 0 spiro atoms. The number of carbonyl (C=O) groups is 1. The normalized spacial score (nSPS) is 13.2. The first-order chi connectivity index (χ1) is 8.75. The van der Waals surface area contributed by atoms with Crippen LogP contribution in [0.15, 0.2) is 18.2 Å². The highest BCUT2D eigenvalue weighted by molar-refractivity contribution is 9.09. The third-order valence-electron chi connectivity index (χ3n) is 3.17. The van der Waals surface area contributed by atoms with E-state index in [1.165, 1.54) is 25.1 Å². The number of halogens is 2. The van der Waals surface area contributed by atoms with Crippen molar-refractivity contribution in [1.29, 1.82) is 0 Å². The van der Waals surface area contributed by atoms with Gasteiger partial charge >= 0.3 is 0 Å². The van der Waals surface area contributed by atoms with Crippen LogP contribution < -0.4 is 4.74 Å². The fraction of sp³-hybridized carbons (Fsp3) is 0.533. The molecule has 0 amide bonds. The average molecular weight is 331 g/mol. The van der Waals surface area contributed by atoms with Crippen molar-refractivity contribution < 1.29 is 13.9 Å². The summed E-state index contributed by atoms with van der Waals surface area (Å²) in [7, 11) is 0. The Balaban J connectivity index is 2.87. The van der Waals surface area contributed by atoms with Crippen LogP contribution in [-0.2, 0) is 0 Å². The van der Waals surface area contributed by atoms with Crippen molar-refractivity contribution in [3.05, 3.63) is 29.6 Å². The molecule has 4 heteroatoms. The van der Waals surface area contributed by atoms with E-state index in [1.807, 2.05) is 0 Å². The van der Waals surface area contributed by atoms with Crippen molar-refractivity contribution in [2.75, 3.05) is 11.9 Å². The maximum atomic E-state index is 13.3. The van der Waals surface area contributed by atoms with Crippen molar-refractivity contribution in [1.82, 2.24) is 0 Å². The first-order valence-corrected chi connectivity index (χ1v) is 7.37. The first-order valence-electron chi connectivity index (χ1n) is 6.25. The maximum absolute atomic E-state index is 13.3. The summed E-state index contributed by atoms with van der Waals surface area (Å²) in [5.74, 6) is 0.0746. The van der Waals surface area contributed by atoms with Gasteiger partial charge in [-0.05, 0) is 24.5 Å². The highest BCUT2D eigenvalue weighted by atomic mass is 79.9. The number of hydrogen-bond donors (Lipinski definition) is 0. The largest absolute Gasteiger partial charge is 0.492 e. The lowest BCUT2D eigenvalue weighted by molar-refractivity contribution is 0.101. The van der Waals surface area contributed by atoms with E-state index in [0.29, 0.717) is 17.9 Å². The quantitative estimate of drug-likeness (QED) is 0.588. The minimum Gasteiger partial charge on any atom is -0.492 e. The summed E-state index contributed by atoms with van der Waals surface area (Å²) in [6.07, 6.45) is 0. The zero-order valence-corrected chi connectivity index (χ0v) is 13.4. The summed E-state index contributed by atoms with van der Waals surface area (Å²) in [4.78, 5) is 11.5. The zero-order valence-electron chi connectivity index (χ0n) is 11.8. The molecular weight excluding hydrogens is 311 g/mol. The van der Waals surface area contributed by atoms with Crippen LogP contribution in [0.1, 0.15) is 38.1 Å². The molecule has 0 aliphatic rings. The van der Waals surface area contributed by atoms with Gasteiger partial charge in [0.05, 0.1) is 12.2 Å². The van der Waals surface area contributed by atoms with Gasteiger partial charge in [0.15, 0.2) is 5.78 Å². The zero-order chi connectivity index (χ0) is 14.6. The third-order valence-corrected chi connectivity index (χ3v) is 3.96. The number of benzene rings is 1. The molecule has 19 heavy (non-hydrogen) atoms. The molecule has 0 aromatic heterocycles. The van der Waals surface area contributed by atoms with Gasteiger partial charge in [-0.3, -0.25) is 4.79 Å². The summed E-state index contributed by atoms with van der Waals surface area (Å²) >= 11 is 3.47. The van der Waals surface area contributed by atoms with Gasteiger partial charge in [-0.25, -0.2) is 4.39 Å². The number of ether oxygens (including phenoxy) is 1. The van der Waals surface area contributed by atoms with E-state index in [1.54, 1.807) is 0 Å². The molecular formula is C15H20BrFO2. The molecule has 1 atom stereocenters. The molecule has 0 aliphatic carbocycles. The van der Waals surface area contributed by atoms with Crippen LogP contribution in [0.4, 0.5) is 4.39 Å². The van der Waals surface area contributed by atoms with Crippen LogP contribution in [0, 0.1) is 17.2 Å². The number of ketones is 1. The van der Waals surface area contributed by atoms with Crippen LogP contribution in [0.25, 0.3) is 0 Å². The first kappa shape index (κ1) is 16.2. The lowest BCUT2D eigenvalue weighted by Crippen LogP contribution is -2.28. The van der Waals surface area contributed by atoms with Crippen molar-refractivity contribution in [2.45, 2.75) is 27.7 Å². The van der Waals surface area contributed by atoms with Crippen molar-refractivity contribution in [3.8, 4) is 5.75 Å². The molecule has 106 valence electrons. The smallest absolute Gasteiger partial charge is 0.163 e. The second-order valence-corrected chi connectivity index (χ2v) is 6.37. The summed E-state index contributed by atoms with van der Waals surface area (Å²) in [6.45, 7) is 8.27. The van der Waals surface area contributed by atoms with Crippen LogP contribution >= 0.6 is 15.9 Å². The monoisotopic (exact) mass is 330 g/mol. The Bertz CT molecular complexity index is 452. The fourth-order valence-electron chi connectivity index (χ4n) is 1.62. The van der Waals surface area contributed by atoms with Gasteiger partial charge < -0.3 is 4.74 Å². The third kappa shape index (κ3) is 4.60. The molecule has 1 unspecified atom stereocenters. The second-order valence-electron chi connectivity index (χ2n) is 5.72. The molecule has 0 radical (unpaired) electrons. The highest BCUT2D eigenvalue weighted by Gasteiger charge is 2.24. The van der Waals surface area contributed by atoms with E-state index in [2.05, 4.69) is 36.7 Å². The number of hydrogen-bond acceptors (Lipinski definition) is 2. The lowest BCUT2D eigenvalue weighted by atomic mass is 9.83. The SMILES string of the molecule is CC(=O)c1ccc(F)cc1OCC(CBr)C(C)(C)C. The number of Topliss-reactive ketones (excluding diaryl/α,β-unsaturated/α-hetero) is 1. The van der Waals surface area contributed by atoms with Gasteiger partial charge in [-0.2, -0.15) is 0 Å². The molecule has 2 nitrogen and oxygen atoms in total. The van der Waals surface area contributed by atoms with Gasteiger partial charge in [-0.1, -0.05) is 36.7 Å². The molecule has 0 N–H and O–H groups in total. The maximum Gasteiger partial charge on any atom is 0.163 e. The average Bonchev–Trinajstić information content (AvgIpc) is 2.27. The van der Waals surface area contributed by atoms with Crippen molar-refractivity contribution >= 4 is 21.7 Å². The highest BCUT2D eigenvalue weighted by Crippen LogP contribution is 2.29. The summed E-state index contributed by atoms with van der Waals surface area (Å²) in [6, 6.07) is 4.01. The molecule has 0 heterocycles. The molecule has 0 bridgehead atoms. The molecule has 0 saturated heterocycles. The molecule has 0 fully saturated rings. The molecule has 1 rings (SSSR count). The summed E-state index contributed by atoms with van der Waals surface area (Å²) in [5.41, 5.74) is 0.497. The van der Waals surface area contributed by atoms with Crippen LogP contribution in [0.2, 0.25) is 0 Å². The molecule has 0 aliphatic heterocycles. The van der Waals surface area contributed by atoms with Gasteiger partial charge in [0.2, 0.25) is 0 Å². The standard InChI is InChI=1S/C15H20BrFO2/c1-10(18)13-6-5-12(17)7-14(13)19-9-11(8-16)15(2,3)4/h5-7,11H,8-9H2,1-4H3. The minimum absolute atomic E-state index is 0.0766. The molecule has 1 aromatic rings. The Morgan fingerprint density at radius 2 is 2.05 bits per heavy atom. The van der Waals surface area contributed by atoms with Gasteiger partial charge in [-0.15, -0.1) is 0 Å². The lowest BCUT2D eigenvalue weighted by Gasteiger charge is -2.29. The second kappa shape index (κ2) is 6.51. The summed E-state index contributed by atoms with van der Waals surface area (Å²) in [5, 5.41) is 0.793. The van der Waals surface area contributed by atoms with Crippen molar-refractivity contribution in [2.24, 2.45) is 11.3 Å². The number of alkyl halides is 1. The van der Waals surface area contributed by atoms with E-state index in [-0.39, 0.29) is 17.1 Å². The Morgan fingerprint density at radius 1 is 1.42 bits per heavy atom. The van der Waals surface area contributed by atoms with Crippen LogP contribution in [0.3, 0.4) is 0 Å². The minimum atomic E-state index is -0.397. The van der Waals surface area contributed by atoms with E-state index in [9.17, 15) is 9.18 Å². The molecule has 0 saturated carbocycles. The Kier molecular flexibility index (Phi) is 5.53. The van der Waals surface area contributed by atoms with E-state index in [4.69, 9.17) is 4.74 Å². The number of carbonyl (C=O) groups excluding carboxylic acids is 1. The van der Waals surface area contributed by atoms with E-state index >= 15 is 0 Å². The Labute approximate surface area is 122 Å².